The van der Waals surface area contributed by atoms with Crippen LogP contribution in [0.15, 0.2) is 127 Å². The van der Waals surface area contributed by atoms with Crippen LogP contribution in [0, 0.1) is 0 Å². The van der Waals surface area contributed by atoms with Crippen LogP contribution in [0.5, 0.6) is 0 Å². The number of anilines is 3. The Morgan fingerprint density at radius 3 is 1.66 bits per heavy atom. The average Bonchev–Trinajstić information content (AvgIpc) is 3.43. The number of fused-ring (bicyclic) bond motifs is 3. The Labute approximate surface area is 241 Å². The predicted molar refractivity (Wildman–Crippen MR) is 171 cm³/mol. The summed E-state index contributed by atoms with van der Waals surface area (Å²) in [5.74, 6) is 0. The molecule has 4 nitrogen and oxygen atoms in total. The summed E-state index contributed by atoms with van der Waals surface area (Å²) in [6.45, 7) is 8.38. The third kappa shape index (κ3) is 4.33. The van der Waals surface area contributed by atoms with E-state index in [1.807, 2.05) is 0 Å². The Morgan fingerprint density at radius 1 is 0.537 bits per heavy atom. The molecule has 0 radical (unpaired) electrons. The van der Waals surface area contributed by atoms with Gasteiger partial charge in [-0.15, -0.1) is 0 Å². The van der Waals surface area contributed by atoms with Gasteiger partial charge in [-0.05, 0) is 93.8 Å². The fraction of sp³-hybridized carbons (Fsp3) is 0.167. The first-order chi connectivity index (χ1) is 19.8. The number of hydrogen-bond acceptors (Lipinski definition) is 3. The maximum atomic E-state index is 6.38. The number of benzene rings is 5. The van der Waals surface area contributed by atoms with Crippen molar-refractivity contribution in [3.05, 3.63) is 127 Å². The minimum atomic E-state index is -0.396. The molecule has 0 spiro atoms. The van der Waals surface area contributed by atoms with Crippen LogP contribution in [-0.4, -0.2) is 22.9 Å². The highest BCUT2D eigenvalue weighted by atomic mass is 16.7. The largest absolute Gasteiger partial charge is 0.494 e. The van der Waals surface area contributed by atoms with Crippen LogP contribution in [0.3, 0.4) is 0 Å². The highest BCUT2D eigenvalue weighted by Gasteiger charge is 2.51. The van der Waals surface area contributed by atoms with E-state index in [-0.39, 0.29) is 11.2 Å². The molecule has 0 saturated carbocycles. The maximum absolute atomic E-state index is 6.38. The Balaban J connectivity index is 1.32. The van der Waals surface area contributed by atoms with E-state index in [9.17, 15) is 0 Å². The van der Waals surface area contributed by atoms with E-state index in [1.54, 1.807) is 0 Å². The molecular formula is C36H33BN2O2. The summed E-state index contributed by atoms with van der Waals surface area (Å²) in [5.41, 5.74) is 7.07. The van der Waals surface area contributed by atoms with Crippen LogP contribution in [0.1, 0.15) is 27.7 Å². The molecule has 5 aromatic carbocycles. The van der Waals surface area contributed by atoms with Gasteiger partial charge < -0.3 is 18.8 Å². The molecule has 7 rings (SSSR count). The molecule has 1 aliphatic heterocycles. The van der Waals surface area contributed by atoms with Crippen LogP contribution in [-0.2, 0) is 9.31 Å². The SMILES string of the molecule is CC1(C)OB(c2ccc3c(c2)c2ccccc2n3-c2ccc(N(c3ccccc3)c3ccccc3)cc2)OC1(C)C. The topological polar surface area (TPSA) is 26.6 Å². The number of rotatable bonds is 5. The van der Waals surface area contributed by atoms with Crippen molar-refractivity contribution in [1.82, 2.24) is 4.57 Å². The van der Waals surface area contributed by atoms with E-state index in [0.29, 0.717) is 0 Å². The number of hydrogen-bond donors (Lipinski definition) is 0. The third-order valence-corrected chi connectivity index (χ3v) is 8.62. The fourth-order valence-electron chi connectivity index (χ4n) is 5.75. The van der Waals surface area contributed by atoms with Gasteiger partial charge in [0.05, 0.1) is 22.2 Å². The molecule has 1 aliphatic rings. The molecule has 41 heavy (non-hydrogen) atoms. The van der Waals surface area contributed by atoms with Crippen LogP contribution >= 0.6 is 0 Å². The molecule has 0 unspecified atom stereocenters. The van der Waals surface area contributed by atoms with Crippen molar-refractivity contribution in [2.24, 2.45) is 0 Å². The average molecular weight is 536 g/mol. The highest BCUT2D eigenvalue weighted by Crippen LogP contribution is 2.38. The normalized spacial score (nSPS) is 16.0. The molecule has 5 heteroatoms. The molecular weight excluding hydrogens is 503 g/mol. The summed E-state index contributed by atoms with van der Waals surface area (Å²) in [6, 6.07) is 45.0. The summed E-state index contributed by atoms with van der Waals surface area (Å²) in [4.78, 5) is 2.28. The zero-order valence-electron chi connectivity index (χ0n) is 23.9. The monoisotopic (exact) mass is 536 g/mol. The lowest BCUT2D eigenvalue weighted by Gasteiger charge is -2.32. The van der Waals surface area contributed by atoms with Gasteiger partial charge in [0.25, 0.3) is 0 Å². The molecule has 1 saturated heterocycles. The minimum Gasteiger partial charge on any atom is -0.399 e. The van der Waals surface area contributed by atoms with Crippen LogP contribution < -0.4 is 10.4 Å². The third-order valence-electron chi connectivity index (χ3n) is 8.62. The van der Waals surface area contributed by atoms with Crippen LogP contribution in [0.4, 0.5) is 17.1 Å². The van der Waals surface area contributed by atoms with E-state index in [0.717, 1.165) is 33.7 Å². The summed E-state index contributed by atoms with van der Waals surface area (Å²) in [6.07, 6.45) is 0. The van der Waals surface area contributed by atoms with Crippen molar-refractivity contribution < 1.29 is 9.31 Å². The molecule has 0 N–H and O–H groups in total. The second kappa shape index (κ2) is 9.65. The van der Waals surface area contributed by atoms with Crippen molar-refractivity contribution in [3.8, 4) is 5.69 Å². The first-order valence-corrected chi connectivity index (χ1v) is 14.2. The molecule has 0 aliphatic carbocycles. The van der Waals surface area contributed by atoms with Gasteiger partial charge >= 0.3 is 7.12 Å². The van der Waals surface area contributed by atoms with Crippen molar-refractivity contribution in [2.75, 3.05) is 4.90 Å². The number of aromatic nitrogens is 1. The first-order valence-electron chi connectivity index (χ1n) is 14.2. The summed E-state index contributed by atoms with van der Waals surface area (Å²) in [7, 11) is -0.396. The lowest BCUT2D eigenvalue weighted by molar-refractivity contribution is 0.00578. The molecule has 202 valence electrons. The van der Waals surface area contributed by atoms with Gasteiger partial charge in [0.15, 0.2) is 0 Å². The molecule has 2 heterocycles. The molecule has 1 aromatic heterocycles. The highest BCUT2D eigenvalue weighted by molar-refractivity contribution is 6.62. The Hall–Kier alpha value is -4.32. The number of para-hydroxylation sites is 3. The zero-order valence-corrected chi connectivity index (χ0v) is 23.9. The second-order valence-electron chi connectivity index (χ2n) is 11.7. The van der Waals surface area contributed by atoms with Crippen LogP contribution in [0.25, 0.3) is 27.5 Å². The second-order valence-corrected chi connectivity index (χ2v) is 11.7. The van der Waals surface area contributed by atoms with Gasteiger partial charge in [-0.25, -0.2) is 0 Å². The van der Waals surface area contributed by atoms with E-state index >= 15 is 0 Å². The van der Waals surface area contributed by atoms with Crippen molar-refractivity contribution >= 4 is 51.4 Å². The Bertz CT molecular complexity index is 1790. The smallest absolute Gasteiger partial charge is 0.399 e. The lowest BCUT2D eigenvalue weighted by atomic mass is 9.78. The van der Waals surface area contributed by atoms with Crippen molar-refractivity contribution in [1.29, 1.82) is 0 Å². The van der Waals surface area contributed by atoms with E-state index in [2.05, 4.69) is 165 Å². The van der Waals surface area contributed by atoms with E-state index < -0.39 is 7.12 Å². The van der Waals surface area contributed by atoms with Gasteiger partial charge in [0.2, 0.25) is 0 Å². The molecule has 1 fully saturated rings. The molecule has 0 amide bonds. The van der Waals surface area contributed by atoms with E-state index in [4.69, 9.17) is 9.31 Å². The van der Waals surface area contributed by atoms with Gasteiger partial charge in [0.1, 0.15) is 0 Å². The fourth-order valence-corrected chi connectivity index (χ4v) is 5.75. The quantitative estimate of drug-likeness (QED) is 0.207. The van der Waals surface area contributed by atoms with Gasteiger partial charge in [0, 0.05) is 33.5 Å². The van der Waals surface area contributed by atoms with Crippen molar-refractivity contribution in [3.63, 3.8) is 0 Å². The minimum absolute atomic E-state index is 0.379. The van der Waals surface area contributed by atoms with Crippen molar-refractivity contribution in [2.45, 2.75) is 38.9 Å². The lowest BCUT2D eigenvalue weighted by Crippen LogP contribution is -2.41. The Kier molecular flexibility index (Phi) is 6.04. The zero-order chi connectivity index (χ0) is 28.2. The summed E-state index contributed by atoms with van der Waals surface area (Å²) in [5, 5.41) is 2.40. The predicted octanol–water partition coefficient (Wildman–Crippen LogP) is 8.55. The molecule has 6 aromatic rings. The van der Waals surface area contributed by atoms with Gasteiger partial charge in [-0.2, -0.15) is 0 Å². The van der Waals surface area contributed by atoms with E-state index in [1.165, 1.54) is 16.3 Å². The van der Waals surface area contributed by atoms with Crippen LogP contribution in [0.2, 0.25) is 0 Å². The molecule has 0 atom stereocenters. The molecule has 0 bridgehead atoms. The van der Waals surface area contributed by atoms with Gasteiger partial charge in [-0.3, -0.25) is 0 Å². The van der Waals surface area contributed by atoms with Gasteiger partial charge in [-0.1, -0.05) is 66.7 Å². The standard InChI is InChI=1S/C36H33BN2O2/c1-35(2)36(3,4)41-37(40-35)26-19-24-34-32(25-26)31-17-11-12-18-33(31)39(34)30-22-20-29(21-23-30)38(27-13-7-5-8-14-27)28-15-9-6-10-16-28/h5-25H,1-4H3. The summed E-state index contributed by atoms with van der Waals surface area (Å²) >= 11 is 0. The number of nitrogens with zero attached hydrogens (tertiary/aromatic N) is 2. The maximum Gasteiger partial charge on any atom is 0.494 e. The Morgan fingerprint density at radius 2 is 1.05 bits per heavy atom. The first kappa shape index (κ1) is 25.6. The summed E-state index contributed by atoms with van der Waals surface area (Å²) < 4.78 is 15.1.